The molecule has 0 aromatic carbocycles. The number of aryl methyl sites for hydroxylation is 2. The Morgan fingerprint density at radius 1 is 1.26 bits per heavy atom. The van der Waals surface area contributed by atoms with Gasteiger partial charge < -0.3 is 0 Å². The zero-order chi connectivity index (χ0) is 14.6. The van der Waals surface area contributed by atoms with Gasteiger partial charge in [-0.3, -0.25) is 9.48 Å². The molecule has 0 radical (unpaired) electrons. The molecule has 0 spiro atoms. The molecule has 1 aromatic heterocycles. The van der Waals surface area contributed by atoms with E-state index in [2.05, 4.69) is 5.10 Å². The number of nitrogens with zero attached hydrogens (tertiary/aromatic N) is 2. The highest BCUT2D eigenvalue weighted by Crippen LogP contribution is 2.17. The summed E-state index contributed by atoms with van der Waals surface area (Å²) in [7, 11) is -2.95. The lowest BCUT2D eigenvalue weighted by Gasteiger charge is -2.06. The van der Waals surface area contributed by atoms with Crippen LogP contribution in [0.25, 0.3) is 0 Å². The van der Waals surface area contributed by atoms with Gasteiger partial charge in [-0.1, -0.05) is 13.8 Å². The lowest BCUT2D eigenvalue weighted by Crippen LogP contribution is -2.11. The van der Waals surface area contributed by atoms with Crippen molar-refractivity contribution in [2.24, 2.45) is 0 Å². The van der Waals surface area contributed by atoms with Crippen molar-refractivity contribution in [3.8, 4) is 0 Å². The second-order valence-corrected chi connectivity index (χ2v) is 7.00. The smallest absolute Gasteiger partial charge is 0.163 e. The molecule has 1 heterocycles. The van der Waals surface area contributed by atoms with E-state index in [1.54, 1.807) is 11.6 Å². The van der Waals surface area contributed by atoms with Crippen LogP contribution < -0.4 is 0 Å². The summed E-state index contributed by atoms with van der Waals surface area (Å²) in [5.74, 6) is 0.176. The van der Waals surface area contributed by atoms with Crippen molar-refractivity contribution in [2.75, 3.05) is 12.0 Å². The van der Waals surface area contributed by atoms with Gasteiger partial charge in [-0.25, -0.2) is 8.42 Å². The van der Waals surface area contributed by atoms with Crippen molar-refractivity contribution in [1.29, 1.82) is 0 Å². The molecule has 0 aliphatic heterocycles. The van der Waals surface area contributed by atoms with E-state index in [1.807, 2.05) is 13.8 Å². The number of carbonyl (C=O) groups is 1. The molecule has 19 heavy (non-hydrogen) atoms. The molecule has 1 aromatic rings. The lowest BCUT2D eigenvalue weighted by molar-refractivity contribution is 0.101. The first kappa shape index (κ1) is 15.9. The summed E-state index contributed by atoms with van der Waals surface area (Å²) < 4.78 is 24.0. The van der Waals surface area contributed by atoms with Gasteiger partial charge in [0.15, 0.2) is 5.78 Å². The Bertz CT molecular complexity index is 559. The molecular weight excluding hydrogens is 264 g/mol. The normalized spacial score (nSPS) is 11.8. The monoisotopic (exact) mass is 286 g/mol. The summed E-state index contributed by atoms with van der Waals surface area (Å²) in [5.41, 5.74) is 2.44. The van der Waals surface area contributed by atoms with Crippen molar-refractivity contribution >= 4 is 15.6 Å². The van der Waals surface area contributed by atoms with Crippen LogP contribution in [0.1, 0.15) is 48.9 Å². The van der Waals surface area contributed by atoms with Crippen LogP contribution in [-0.2, 0) is 29.2 Å². The number of carbonyl (C=O) groups excluding carboxylic acids is 1. The summed E-state index contributed by atoms with van der Waals surface area (Å²) in [6.45, 7) is 6.04. The van der Waals surface area contributed by atoms with E-state index in [-0.39, 0.29) is 11.5 Å². The minimum absolute atomic E-state index is 0.0306. The molecular formula is C13H22N2O3S. The topological polar surface area (TPSA) is 69.0 Å². The van der Waals surface area contributed by atoms with Gasteiger partial charge in [-0.2, -0.15) is 5.10 Å². The summed E-state index contributed by atoms with van der Waals surface area (Å²) in [4.78, 5) is 11.7. The quantitative estimate of drug-likeness (QED) is 0.715. The maximum atomic E-state index is 11.7. The molecule has 0 N–H and O–H groups in total. The molecule has 0 amide bonds. The second kappa shape index (κ2) is 6.32. The van der Waals surface area contributed by atoms with Crippen LogP contribution in [0.4, 0.5) is 0 Å². The number of ketones is 1. The maximum absolute atomic E-state index is 11.7. The highest BCUT2D eigenvalue weighted by Gasteiger charge is 2.18. The van der Waals surface area contributed by atoms with Gasteiger partial charge in [-0.15, -0.1) is 0 Å². The SMILES string of the molecule is CCc1nn(CCCS(C)(=O)=O)c(CC)c1C(C)=O. The van der Waals surface area contributed by atoms with Crippen molar-refractivity contribution < 1.29 is 13.2 Å². The first-order valence-corrected chi connectivity index (χ1v) is 8.63. The standard InChI is InChI=1S/C13H22N2O3S/c1-5-11-13(10(3)16)12(6-2)15(14-11)8-7-9-19(4,17)18/h5-9H2,1-4H3. The Labute approximate surface area is 114 Å². The molecule has 0 unspecified atom stereocenters. The summed E-state index contributed by atoms with van der Waals surface area (Å²) in [6, 6.07) is 0. The van der Waals surface area contributed by atoms with E-state index >= 15 is 0 Å². The van der Waals surface area contributed by atoms with Crippen LogP contribution in [0, 0.1) is 0 Å². The van der Waals surface area contributed by atoms with Crippen LogP contribution in [0.5, 0.6) is 0 Å². The van der Waals surface area contributed by atoms with Crippen molar-refractivity contribution in [1.82, 2.24) is 9.78 Å². The highest BCUT2D eigenvalue weighted by atomic mass is 32.2. The first-order valence-electron chi connectivity index (χ1n) is 6.57. The molecule has 0 aliphatic carbocycles. The van der Waals surface area contributed by atoms with Gasteiger partial charge in [0.25, 0.3) is 0 Å². The van der Waals surface area contributed by atoms with Gasteiger partial charge in [0, 0.05) is 18.5 Å². The molecule has 1 rings (SSSR count). The Kier molecular flexibility index (Phi) is 5.29. The van der Waals surface area contributed by atoms with Crippen LogP contribution in [-0.4, -0.2) is 36.0 Å². The lowest BCUT2D eigenvalue weighted by atomic mass is 10.1. The number of aromatic nitrogens is 2. The minimum atomic E-state index is -2.95. The predicted octanol–water partition coefficient (Wildman–Crippen LogP) is 1.65. The third-order valence-corrected chi connectivity index (χ3v) is 4.07. The number of rotatable bonds is 7. The zero-order valence-corrected chi connectivity index (χ0v) is 12.9. The van der Waals surface area contributed by atoms with Crippen LogP contribution in [0.15, 0.2) is 0 Å². The molecule has 0 saturated heterocycles. The van der Waals surface area contributed by atoms with E-state index < -0.39 is 9.84 Å². The second-order valence-electron chi connectivity index (χ2n) is 4.74. The van der Waals surface area contributed by atoms with E-state index in [4.69, 9.17) is 0 Å². The summed E-state index contributed by atoms with van der Waals surface area (Å²) >= 11 is 0. The summed E-state index contributed by atoms with van der Waals surface area (Å²) in [5, 5.41) is 4.44. The molecule has 0 aliphatic rings. The predicted molar refractivity (Wildman–Crippen MR) is 75.3 cm³/mol. The van der Waals surface area contributed by atoms with Gasteiger partial charge in [0.05, 0.1) is 17.0 Å². The zero-order valence-electron chi connectivity index (χ0n) is 12.1. The molecule has 0 fully saturated rings. The minimum Gasteiger partial charge on any atom is -0.294 e. The third-order valence-electron chi connectivity index (χ3n) is 3.04. The molecule has 0 atom stereocenters. The Balaban J connectivity index is 2.98. The molecule has 0 bridgehead atoms. The van der Waals surface area contributed by atoms with Crippen LogP contribution in [0.3, 0.4) is 0 Å². The third kappa shape index (κ3) is 4.16. The van der Waals surface area contributed by atoms with E-state index in [0.717, 1.165) is 17.8 Å². The Morgan fingerprint density at radius 3 is 2.32 bits per heavy atom. The van der Waals surface area contributed by atoms with E-state index in [0.29, 0.717) is 24.9 Å². The first-order chi connectivity index (χ1) is 8.80. The average Bonchev–Trinajstić information content (AvgIpc) is 2.65. The van der Waals surface area contributed by atoms with Crippen LogP contribution in [0.2, 0.25) is 0 Å². The Hall–Kier alpha value is -1.17. The van der Waals surface area contributed by atoms with Crippen LogP contribution >= 0.6 is 0 Å². The average molecular weight is 286 g/mol. The fourth-order valence-corrected chi connectivity index (χ4v) is 2.88. The van der Waals surface area contributed by atoms with Crippen molar-refractivity contribution in [2.45, 2.75) is 46.6 Å². The largest absolute Gasteiger partial charge is 0.294 e. The number of sulfone groups is 1. The summed E-state index contributed by atoms with van der Waals surface area (Å²) in [6.07, 6.45) is 3.19. The van der Waals surface area contributed by atoms with Gasteiger partial charge in [-0.05, 0) is 26.2 Å². The fourth-order valence-electron chi connectivity index (χ4n) is 2.23. The number of Topliss-reactive ketones (excluding diaryl/α,β-unsaturated/α-hetero) is 1. The van der Waals surface area contributed by atoms with Crippen molar-refractivity contribution in [3.63, 3.8) is 0 Å². The van der Waals surface area contributed by atoms with Gasteiger partial charge >= 0.3 is 0 Å². The number of hydrogen-bond acceptors (Lipinski definition) is 4. The molecule has 6 heteroatoms. The fraction of sp³-hybridized carbons (Fsp3) is 0.692. The van der Waals surface area contributed by atoms with E-state index in [1.165, 1.54) is 6.26 Å². The van der Waals surface area contributed by atoms with E-state index in [9.17, 15) is 13.2 Å². The molecule has 0 saturated carbocycles. The van der Waals surface area contributed by atoms with Crippen molar-refractivity contribution in [3.05, 3.63) is 17.0 Å². The number of hydrogen-bond donors (Lipinski definition) is 0. The van der Waals surface area contributed by atoms with Gasteiger partial charge in [0.2, 0.25) is 0 Å². The Morgan fingerprint density at radius 2 is 1.89 bits per heavy atom. The molecule has 5 nitrogen and oxygen atoms in total. The molecule has 108 valence electrons. The van der Waals surface area contributed by atoms with Gasteiger partial charge in [0.1, 0.15) is 9.84 Å². The maximum Gasteiger partial charge on any atom is 0.163 e. The highest BCUT2D eigenvalue weighted by molar-refractivity contribution is 7.90.